The lowest BCUT2D eigenvalue weighted by Crippen LogP contribution is -2.14. The van der Waals surface area contributed by atoms with Gasteiger partial charge in [-0.05, 0) is 24.3 Å². The fraction of sp³-hybridized carbons (Fsp3) is 0.150. The molecule has 9 heteroatoms. The number of rotatable bonds is 7. The van der Waals surface area contributed by atoms with Crippen molar-refractivity contribution in [3.63, 3.8) is 0 Å². The summed E-state index contributed by atoms with van der Waals surface area (Å²) in [6.07, 6.45) is 0. The first kappa shape index (κ1) is 18.9. The van der Waals surface area contributed by atoms with E-state index in [2.05, 4.69) is 20.5 Å². The van der Waals surface area contributed by atoms with Gasteiger partial charge >= 0.3 is 0 Å². The smallest absolute Gasteiger partial charge is 0.277 e. The van der Waals surface area contributed by atoms with E-state index in [1.54, 1.807) is 25.3 Å². The van der Waals surface area contributed by atoms with Crippen LogP contribution in [-0.2, 0) is 4.79 Å². The van der Waals surface area contributed by atoms with E-state index >= 15 is 0 Å². The van der Waals surface area contributed by atoms with Gasteiger partial charge in [-0.25, -0.2) is 0 Å². The second kappa shape index (κ2) is 8.27. The van der Waals surface area contributed by atoms with Crippen molar-refractivity contribution in [1.29, 1.82) is 0 Å². The van der Waals surface area contributed by atoms with E-state index in [-0.39, 0.29) is 11.7 Å². The predicted molar refractivity (Wildman–Crippen MR) is 110 cm³/mol. The van der Waals surface area contributed by atoms with Crippen molar-refractivity contribution in [2.45, 2.75) is 5.22 Å². The molecule has 0 fully saturated rings. The lowest BCUT2D eigenvalue weighted by molar-refractivity contribution is -0.113. The highest BCUT2D eigenvalue weighted by molar-refractivity contribution is 7.99. The highest BCUT2D eigenvalue weighted by Gasteiger charge is 2.14. The quantitative estimate of drug-likeness (QED) is 0.445. The third kappa shape index (κ3) is 4.19. The zero-order valence-corrected chi connectivity index (χ0v) is 16.6. The van der Waals surface area contributed by atoms with E-state index in [9.17, 15) is 4.79 Å². The van der Waals surface area contributed by atoms with E-state index in [0.717, 1.165) is 28.4 Å². The number of hydrogen-bond donors (Lipinski definition) is 2. The molecule has 0 atom stereocenters. The summed E-state index contributed by atoms with van der Waals surface area (Å²) in [4.78, 5) is 15.5. The second-order valence-corrected chi connectivity index (χ2v) is 6.97. The highest BCUT2D eigenvalue weighted by Crippen LogP contribution is 2.30. The minimum atomic E-state index is -0.219. The van der Waals surface area contributed by atoms with Crippen LogP contribution in [0.15, 0.2) is 58.2 Å². The topological polar surface area (TPSA) is 102 Å². The van der Waals surface area contributed by atoms with Gasteiger partial charge in [-0.1, -0.05) is 30.0 Å². The van der Waals surface area contributed by atoms with E-state index in [1.807, 2.05) is 30.3 Å². The number of carbonyl (C=O) groups excluding carboxylic acids is 1. The number of thioether (sulfide) groups is 1. The lowest BCUT2D eigenvalue weighted by atomic mass is 10.2. The molecule has 8 nitrogen and oxygen atoms in total. The van der Waals surface area contributed by atoms with Gasteiger partial charge in [0.05, 0.1) is 25.7 Å². The molecule has 0 bridgehead atoms. The van der Waals surface area contributed by atoms with Crippen molar-refractivity contribution >= 4 is 34.3 Å². The normalized spacial score (nSPS) is 10.8. The van der Waals surface area contributed by atoms with Gasteiger partial charge in [0.15, 0.2) is 0 Å². The summed E-state index contributed by atoms with van der Waals surface area (Å²) in [7, 11) is 3.10. The molecule has 2 heterocycles. The number of nitrogens with zero attached hydrogens (tertiary/aromatic N) is 2. The second-order valence-electron chi connectivity index (χ2n) is 6.05. The minimum Gasteiger partial charge on any atom is -0.497 e. The average molecular weight is 410 g/mol. The number of nitrogens with one attached hydrogen (secondary N) is 2. The molecule has 0 aliphatic heterocycles. The molecule has 0 aliphatic rings. The molecule has 4 aromatic rings. The van der Waals surface area contributed by atoms with Crippen LogP contribution >= 0.6 is 11.8 Å². The van der Waals surface area contributed by atoms with Crippen LogP contribution in [0.4, 0.5) is 5.69 Å². The standard InChI is InChI=1S/C20H18N4O4S/c1-26-13-7-8-15(17(10-13)27-2)22-18(25)11-29-20-24-23-19(28-20)16-9-12-5-3-4-6-14(12)21-16/h3-10,21H,11H2,1-2H3,(H,22,25). The summed E-state index contributed by atoms with van der Waals surface area (Å²) >= 11 is 1.16. The Bertz CT molecular complexity index is 1120. The first-order valence-corrected chi connectivity index (χ1v) is 9.71. The van der Waals surface area contributed by atoms with Gasteiger partial charge in [0.2, 0.25) is 5.91 Å². The number of ether oxygens (including phenoxy) is 2. The van der Waals surface area contributed by atoms with Crippen molar-refractivity contribution < 1.29 is 18.7 Å². The Morgan fingerprint density at radius 2 is 2.00 bits per heavy atom. The molecular formula is C20H18N4O4S. The number of H-pyrrole nitrogens is 1. The largest absolute Gasteiger partial charge is 0.497 e. The number of amides is 1. The molecule has 148 valence electrons. The first-order valence-electron chi connectivity index (χ1n) is 8.72. The maximum Gasteiger partial charge on any atom is 0.277 e. The number of methoxy groups -OCH3 is 2. The third-order valence-corrected chi connectivity index (χ3v) is 4.99. The fourth-order valence-electron chi connectivity index (χ4n) is 2.78. The van der Waals surface area contributed by atoms with Crippen LogP contribution in [0.1, 0.15) is 0 Å². The van der Waals surface area contributed by atoms with Gasteiger partial charge in [-0.2, -0.15) is 0 Å². The SMILES string of the molecule is COc1ccc(NC(=O)CSc2nnc(-c3cc4ccccc4[nH]3)o2)c(OC)c1. The fourth-order valence-corrected chi connectivity index (χ4v) is 3.34. The van der Waals surface area contributed by atoms with Crippen LogP contribution in [0.3, 0.4) is 0 Å². The number of aromatic amines is 1. The Kier molecular flexibility index (Phi) is 5.39. The van der Waals surface area contributed by atoms with Crippen molar-refractivity contribution in [2.75, 3.05) is 25.3 Å². The number of carbonyl (C=O) groups is 1. The van der Waals surface area contributed by atoms with Crippen molar-refractivity contribution in [3.8, 4) is 23.1 Å². The van der Waals surface area contributed by atoms with Crippen LogP contribution in [0.25, 0.3) is 22.5 Å². The van der Waals surface area contributed by atoms with Crippen LogP contribution in [-0.4, -0.2) is 41.1 Å². The molecule has 29 heavy (non-hydrogen) atoms. The molecule has 0 spiro atoms. The molecule has 2 aromatic heterocycles. The summed E-state index contributed by atoms with van der Waals surface area (Å²) in [5.41, 5.74) is 2.28. The van der Waals surface area contributed by atoms with Gasteiger partial charge in [-0.15, -0.1) is 10.2 Å². The van der Waals surface area contributed by atoms with Gasteiger partial charge < -0.3 is 24.2 Å². The molecule has 0 unspecified atom stereocenters. The third-order valence-electron chi connectivity index (χ3n) is 4.18. The first-order chi connectivity index (χ1) is 14.2. The van der Waals surface area contributed by atoms with Crippen molar-refractivity contribution in [3.05, 3.63) is 48.5 Å². The Balaban J connectivity index is 1.39. The Morgan fingerprint density at radius 3 is 2.79 bits per heavy atom. The van der Waals surface area contributed by atoms with E-state index in [4.69, 9.17) is 13.9 Å². The van der Waals surface area contributed by atoms with E-state index < -0.39 is 0 Å². The van der Waals surface area contributed by atoms with Crippen LogP contribution in [0.2, 0.25) is 0 Å². The van der Waals surface area contributed by atoms with Gasteiger partial charge in [0.25, 0.3) is 11.1 Å². The zero-order valence-electron chi connectivity index (χ0n) is 15.8. The van der Waals surface area contributed by atoms with Crippen LogP contribution in [0, 0.1) is 0 Å². The molecule has 0 saturated heterocycles. The number of aromatic nitrogens is 3. The molecule has 0 aliphatic carbocycles. The molecule has 2 N–H and O–H groups in total. The molecule has 0 saturated carbocycles. The number of para-hydroxylation sites is 1. The number of anilines is 1. The number of hydrogen-bond acceptors (Lipinski definition) is 7. The molecular weight excluding hydrogens is 392 g/mol. The minimum absolute atomic E-state index is 0.115. The summed E-state index contributed by atoms with van der Waals surface area (Å²) in [6.45, 7) is 0. The summed E-state index contributed by atoms with van der Waals surface area (Å²) < 4.78 is 16.1. The summed E-state index contributed by atoms with van der Waals surface area (Å²) in [5, 5.41) is 12.2. The predicted octanol–water partition coefficient (Wildman–Crippen LogP) is 3.97. The molecule has 0 radical (unpaired) electrons. The summed E-state index contributed by atoms with van der Waals surface area (Å²) in [6, 6.07) is 15.0. The molecule has 2 aromatic carbocycles. The van der Waals surface area contributed by atoms with Gasteiger partial charge in [0, 0.05) is 17.0 Å². The zero-order chi connectivity index (χ0) is 20.2. The highest BCUT2D eigenvalue weighted by atomic mass is 32.2. The van der Waals surface area contributed by atoms with Crippen molar-refractivity contribution in [2.24, 2.45) is 0 Å². The van der Waals surface area contributed by atoms with Crippen molar-refractivity contribution in [1.82, 2.24) is 15.2 Å². The Morgan fingerprint density at radius 1 is 1.14 bits per heavy atom. The molecule has 1 amide bonds. The Labute approximate surface area is 170 Å². The maximum absolute atomic E-state index is 12.3. The van der Waals surface area contributed by atoms with Crippen LogP contribution < -0.4 is 14.8 Å². The van der Waals surface area contributed by atoms with Gasteiger partial charge in [-0.3, -0.25) is 4.79 Å². The maximum atomic E-state index is 12.3. The monoisotopic (exact) mass is 410 g/mol. The average Bonchev–Trinajstić information content (AvgIpc) is 3.39. The molecule has 4 rings (SSSR count). The lowest BCUT2D eigenvalue weighted by Gasteiger charge is -2.11. The van der Waals surface area contributed by atoms with E-state index in [1.165, 1.54) is 7.11 Å². The number of fused-ring (bicyclic) bond motifs is 1. The van der Waals surface area contributed by atoms with Gasteiger partial charge in [0.1, 0.15) is 17.2 Å². The number of benzene rings is 2. The van der Waals surface area contributed by atoms with E-state index in [0.29, 0.717) is 28.3 Å². The van der Waals surface area contributed by atoms with Crippen LogP contribution in [0.5, 0.6) is 11.5 Å². The Hall–Kier alpha value is -3.46. The summed E-state index contributed by atoms with van der Waals surface area (Å²) in [5.74, 6) is 1.43.